The van der Waals surface area contributed by atoms with Crippen molar-refractivity contribution in [2.75, 3.05) is 12.4 Å². The van der Waals surface area contributed by atoms with Gasteiger partial charge in [0.2, 0.25) is 5.91 Å². The average molecular weight is 309 g/mol. The minimum Gasteiger partial charge on any atom is -0.497 e. The zero-order chi connectivity index (χ0) is 16.1. The normalized spacial score (nSPS) is 10.3. The molecular weight excluding hydrogens is 294 g/mol. The molecule has 0 radical (unpaired) electrons. The van der Waals surface area contributed by atoms with Crippen molar-refractivity contribution < 1.29 is 9.53 Å². The van der Waals surface area contributed by atoms with Gasteiger partial charge in [-0.2, -0.15) is 0 Å². The molecule has 1 aromatic heterocycles. The molecule has 1 N–H and O–H groups in total. The van der Waals surface area contributed by atoms with Gasteiger partial charge in [-0.05, 0) is 40.3 Å². The first kappa shape index (κ1) is 14.7. The number of carbonyl (C=O) groups excluding carboxylic acids is 1. The second kappa shape index (κ2) is 6.69. The molecular formula is C16H15N5O2. The van der Waals surface area contributed by atoms with Crippen LogP contribution in [0.5, 0.6) is 5.75 Å². The third kappa shape index (κ3) is 3.70. The molecule has 0 fully saturated rings. The van der Waals surface area contributed by atoms with Crippen molar-refractivity contribution in [3.05, 3.63) is 60.4 Å². The number of ether oxygens (including phenoxy) is 1. The third-order valence-electron chi connectivity index (χ3n) is 3.27. The summed E-state index contributed by atoms with van der Waals surface area (Å²) in [6, 6.07) is 14.7. The van der Waals surface area contributed by atoms with Gasteiger partial charge < -0.3 is 10.1 Å². The van der Waals surface area contributed by atoms with Crippen LogP contribution in [0.3, 0.4) is 0 Å². The van der Waals surface area contributed by atoms with E-state index in [9.17, 15) is 4.79 Å². The van der Waals surface area contributed by atoms with Crippen molar-refractivity contribution in [3.8, 4) is 11.4 Å². The molecule has 0 spiro atoms. The number of hydrogen-bond acceptors (Lipinski definition) is 5. The highest BCUT2D eigenvalue weighted by Gasteiger charge is 2.06. The van der Waals surface area contributed by atoms with E-state index in [-0.39, 0.29) is 12.3 Å². The molecule has 3 rings (SSSR count). The van der Waals surface area contributed by atoms with Crippen molar-refractivity contribution in [2.45, 2.75) is 6.42 Å². The maximum Gasteiger partial charge on any atom is 0.228 e. The Bertz CT molecular complexity index is 784. The van der Waals surface area contributed by atoms with E-state index in [0.717, 1.165) is 11.3 Å². The van der Waals surface area contributed by atoms with Crippen LogP contribution < -0.4 is 10.1 Å². The summed E-state index contributed by atoms with van der Waals surface area (Å²) in [7, 11) is 1.59. The highest BCUT2D eigenvalue weighted by molar-refractivity contribution is 5.92. The van der Waals surface area contributed by atoms with Gasteiger partial charge in [-0.1, -0.05) is 18.2 Å². The molecule has 1 heterocycles. The number of nitrogens with zero attached hydrogens (tertiary/aromatic N) is 4. The molecule has 0 saturated heterocycles. The van der Waals surface area contributed by atoms with Crippen LogP contribution in [0, 0.1) is 0 Å². The molecule has 0 bridgehead atoms. The lowest BCUT2D eigenvalue weighted by atomic mass is 10.1. The smallest absolute Gasteiger partial charge is 0.228 e. The van der Waals surface area contributed by atoms with Gasteiger partial charge in [-0.25, -0.2) is 4.68 Å². The van der Waals surface area contributed by atoms with Crippen molar-refractivity contribution in [1.82, 2.24) is 20.2 Å². The van der Waals surface area contributed by atoms with Gasteiger partial charge in [0.05, 0.1) is 19.2 Å². The summed E-state index contributed by atoms with van der Waals surface area (Å²) in [5, 5.41) is 13.8. The van der Waals surface area contributed by atoms with E-state index < -0.39 is 0 Å². The number of aromatic nitrogens is 4. The highest BCUT2D eigenvalue weighted by Crippen LogP contribution is 2.17. The third-order valence-corrected chi connectivity index (χ3v) is 3.27. The molecule has 0 saturated carbocycles. The van der Waals surface area contributed by atoms with Gasteiger partial charge in [0.15, 0.2) is 0 Å². The van der Waals surface area contributed by atoms with Gasteiger partial charge in [0.1, 0.15) is 12.1 Å². The summed E-state index contributed by atoms with van der Waals surface area (Å²) < 4.78 is 6.69. The lowest BCUT2D eigenvalue weighted by molar-refractivity contribution is -0.115. The van der Waals surface area contributed by atoms with Crippen molar-refractivity contribution in [1.29, 1.82) is 0 Å². The van der Waals surface area contributed by atoms with Crippen LogP contribution in [-0.2, 0) is 11.2 Å². The fraction of sp³-hybridized carbons (Fsp3) is 0.125. The summed E-state index contributed by atoms with van der Waals surface area (Å²) in [4.78, 5) is 12.1. The Hall–Kier alpha value is -3.22. The van der Waals surface area contributed by atoms with Gasteiger partial charge in [-0.3, -0.25) is 4.79 Å². The Kier molecular flexibility index (Phi) is 4.28. The summed E-state index contributed by atoms with van der Waals surface area (Å²) >= 11 is 0. The summed E-state index contributed by atoms with van der Waals surface area (Å²) in [5.74, 6) is 0.613. The number of nitrogens with one attached hydrogen (secondary N) is 1. The van der Waals surface area contributed by atoms with Crippen LogP contribution in [0.1, 0.15) is 5.56 Å². The fourth-order valence-corrected chi connectivity index (χ4v) is 2.14. The van der Waals surface area contributed by atoms with Gasteiger partial charge >= 0.3 is 0 Å². The Morgan fingerprint density at radius 2 is 2.04 bits per heavy atom. The lowest BCUT2D eigenvalue weighted by Crippen LogP contribution is -2.14. The number of tetrazole rings is 1. The van der Waals surface area contributed by atoms with Crippen LogP contribution in [0.25, 0.3) is 5.69 Å². The molecule has 0 aliphatic rings. The molecule has 2 aromatic carbocycles. The molecule has 0 aliphatic heterocycles. The molecule has 3 aromatic rings. The Labute approximate surface area is 132 Å². The lowest BCUT2D eigenvalue weighted by Gasteiger charge is -2.07. The minimum atomic E-state index is -0.0894. The number of amides is 1. The maximum absolute atomic E-state index is 12.1. The van der Waals surface area contributed by atoms with E-state index in [4.69, 9.17) is 4.74 Å². The van der Waals surface area contributed by atoms with Crippen LogP contribution in [0.2, 0.25) is 0 Å². The van der Waals surface area contributed by atoms with Crippen molar-refractivity contribution >= 4 is 11.6 Å². The summed E-state index contributed by atoms with van der Waals surface area (Å²) in [5.41, 5.74) is 2.45. The molecule has 0 aliphatic carbocycles. The molecule has 1 amide bonds. The predicted octanol–water partition coefficient (Wildman–Crippen LogP) is 1.85. The van der Waals surface area contributed by atoms with E-state index in [1.54, 1.807) is 17.9 Å². The largest absolute Gasteiger partial charge is 0.497 e. The number of methoxy groups -OCH3 is 1. The molecule has 7 heteroatoms. The van der Waals surface area contributed by atoms with Crippen LogP contribution in [0.15, 0.2) is 54.9 Å². The van der Waals surface area contributed by atoms with E-state index >= 15 is 0 Å². The quantitative estimate of drug-likeness (QED) is 0.778. The number of rotatable bonds is 5. The molecule has 0 atom stereocenters. The van der Waals surface area contributed by atoms with E-state index in [2.05, 4.69) is 20.8 Å². The van der Waals surface area contributed by atoms with Crippen molar-refractivity contribution in [2.24, 2.45) is 0 Å². The molecule has 7 nitrogen and oxygen atoms in total. The second-order valence-corrected chi connectivity index (χ2v) is 4.88. The van der Waals surface area contributed by atoms with Crippen LogP contribution in [0.4, 0.5) is 5.69 Å². The van der Waals surface area contributed by atoms with E-state index in [0.29, 0.717) is 11.4 Å². The molecule has 0 unspecified atom stereocenters. The molecule has 23 heavy (non-hydrogen) atoms. The second-order valence-electron chi connectivity index (χ2n) is 4.88. The van der Waals surface area contributed by atoms with Crippen molar-refractivity contribution in [3.63, 3.8) is 0 Å². The number of hydrogen-bond donors (Lipinski definition) is 1. The maximum atomic E-state index is 12.1. The summed E-state index contributed by atoms with van der Waals surface area (Å²) in [6.07, 6.45) is 1.80. The number of benzene rings is 2. The first-order valence-electron chi connectivity index (χ1n) is 7.01. The number of anilines is 1. The minimum absolute atomic E-state index is 0.0894. The zero-order valence-electron chi connectivity index (χ0n) is 12.5. The highest BCUT2D eigenvalue weighted by atomic mass is 16.5. The first-order valence-corrected chi connectivity index (χ1v) is 7.01. The van der Waals surface area contributed by atoms with Crippen LogP contribution >= 0.6 is 0 Å². The van der Waals surface area contributed by atoms with Gasteiger partial charge in [0, 0.05) is 11.8 Å². The molecule has 116 valence electrons. The SMILES string of the molecule is COc1cccc(NC(=O)Cc2ccc(-n3cnnn3)cc2)c1. The first-order chi connectivity index (χ1) is 11.2. The van der Waals surface area contributed by atoms with E-state index in [1.165, 1.54) is 6.33 Å². The monoisotopic (exact) mass is 309 g/mol. The van der Waals surface area contributed by atoms with E-state index in [1.807, 2.05) is 42.5 Å². The van der Waals surface area contributed by atoms with Gasteiger partial charge in [0.25, 0.3) is 0 Å². The number of carbonyl (C=O) groups is 1. The Balaban J connectivity index is 1.63. The predicted molar refractivity (Wildman–Crippen MR) is 84.5 cm³/mol. The Morgan fingerprint density at radius 1 is 1.22 bits per heavy atom. The zero-order valence-corrected chi connectivity index (χ0v) is 12.5. The summed E-state index contributed by atoms with van der Waals surface area (Å²) in [6.45, 7) is 0. The standard InChI is InChI=1S/C16H15N5O2/c1-23-15-4-2-3-13(10-15)18-16(22)9-12-5-7-14(8-6-12)21-11-17-19-20-21/h2-8,10-11H,9H2,1H3,(H,18,22). The topological polar surface area (TPSA) is 81.9 Å². The van der Waals surface area contributed by atoms with Crippen LogP contribution in [-0.4, -0.2) is 33.2 Å². The average Bonchev–Trinajstić information content (AvgIpc) is 3.10. The fourth-order valence-electron chi connectivity index (χ4n) is 2.14. The Morgan fingerprint density at radius 3 is 2.74 bits per heavy atom. The van der Waals surface area contributed by atoms with Gasteiger partial charge in [-0.15, -0.1) is 5.10 Å².